The molecule has 0 aliphatic carbocycles. The number of likely N-dealkylation sites (tertiary alicyclic amines) is 1. The summed E-state index contributed by atoms with van der Waals surface area (Å²) in [7, 11) is 0. The van der Waals surface area contributed by atoms with E-state index >= 15 is 0 Å². The van der Waals surface area contributed by atoms with Gasteiger partial charge in [-0.05, 0) is 31.7 Å². The van der Waals surface area contributed by atoms with Crippen molar-refractivity contribution in [3.63, 3.8) is 0 Å². The molecule has 1 fully saturated rings. The van der Waals surface area contributed by atoms with E-state index < -0.39 is 23.5 Å². The molecule has 1 aliphatic heterocycles. The summed E-state index contributed by atoms with van der Waals surface area (Å²) in [4.78, 5) is 36.8. The summed E-state index contributed by atoms with van der Waals surface area (Å²) in [6.07, 6.45) is 1.22. The number of carboxylic acids is 1. The highest BCUT2D eigenvalue weighted by atomic mass is 16.5. The van der Waals surface area contributed by atoms with Crippen LogP contribution in [0.15, 0.2) is 30.3 Å². The summed E-state index contributed by atoms with van der Waals surface area (Å²) in [5.41, 5.74) is -0.376. The summed E-state index contributed by atoms with van der Waals surface area (Å²) in [6.45, 7) is 1.75. The van der Waals surface area contributed by atoms with Crippen LogP contribution >= 0.6 is 0 Å². The molecule has 1 heterocycles. The number of piperidine rings is 1. The van der Waals surface area contributed by atoms with Gasteiger partial charge in [0.25, 0.3) is 0 Å². The van der Waals surface area contributed by atoms with Crippen molar-refractivity contribution < 1.29 is 24.2 Å². The van der Waals surface area contributed by atoms with E-state index in [0.717, 1.165) is 18.4 Å². The second-order valence-corrected chi connectivity index (χ2v) is 6.00. The largest absolute Gasteiger partial charge is 0.480 e. The van der Waals surface area contributed by atoms with Crippen LogP contribution in [0.2, 0.25) is 0 Å². The Morgan fingerprint density at radius 1 is 1.25 bits per heavy atom. The normalized spacial score (nSPS) is 20.3. The number of hydrogen-bond donors (Lipinski definition) is 2. The molecule has 1 atom stereocenters. The number of benzene rings is 1. The van der Waals surface area contributed by atoms with Crippen LogP contribution in [0.1, 0.15) is 31.7 Å². The van der Waals surface area contributed by atoms with Gasteiger partial charge in [-0.1, -0.05) is 30.3 Å². The number of ether oxygens (including phenoxy) is 1. The average molecular weight is 334 g/mol. The highest BCUT2D eigenvalue weighted by Gasteiger charge is 2.43. The minimum absolute atomic E-state index is 0.109. The molecule has 2 rings (SSSR count). The first-order valence-corrected chi connectivity index (χ1v) is 7.92. The second-order valence-electron chi connectivity index (χ2n) is 6.00. The molecule has 7 nitrogen and oxygen atoms in total. The van der Waals surface area contributed by atoms with Crippen LogP contribution in [0.5, 0.6) is 0 Å². The van der Waals surface area contributed by atoms with Crippen molar-refractivity contribution in [3.8, 4) is 0 Å². The zero-order valence-corrected chi connectivity index (χ0v) is 13.7. The topological polar surface area (TPSA) is 95.9 Å². The number of amides is 2. The summed E-state index contributed by atoms with van der Waals surface area (Å²) in [6, 6.07) is 9.18. The smallest absolute Gasteiger partial charge is 0.407 e. The molecule has 24 heavy (non-hydrogen) atoms. The van der Waals surface area contributed by atoms with E-state index in [-0.39, 0.29) is 13.2 Å². The summed E-state index contributed by atoms with van der Waals surface area (Å²) >= 11 is 0. The fourth-order valence-corrected chi connectivity index (χ4v) is 2.76. The number of aliphatic carboxylic acids is 1. The predicted molar refractivity (Wildman–Crippen MR) is 86.2 cm³/mol. The highest BCUT2D eigenvalue weighted by molar-refractivity contribution is 5.89. The van der Waals surface area contributed by atoms with Crippen molar-refractivity contribution in [1.82, 2.24) is 10.2 Å². The molecular weight excluding hydrogens is 312 g/mol. The lowest BCUT2D eigenvalue weighted by Crippen LogP contribution is -2.59. The van der Waals surface area contributed by atoms with E-state index in [2.05, 4.69) is 5.32 Å². The molecule has 0 spiro atoms. The number of carboxylic acid groups (broad SMARTS) is 1. The van der Waals surface area contributed by atoms with Gasteiger partial charge in [0.05, 0.1) is 0 Å². The first kappa shape index (κ1) is 17.8. The first-order valence-electron chi connectivity index (χ1n) is 7.92. The number of hydrogen-bond acceptors (Lipinski definition) is 4. The number of rotatable bonds is 5. The molecule has 0 unspecified atom stereocenters. The average Bonchev–Trinajstić information content (AvgIpc) is 2.59. The van der Waals surface area contributed by atoms with Crippen molar-refractivity contribution in [1.29, 1.82) is 0 Å². The Bertz CT molecular complexity index is 604. The molecule has 1 aliphatic rings. The van der Waals surface area contributed by atoms with Crippen LogP contribution in [-0.4, -0.2) is 46.6 Å². The molecule has 0 aromatic heterocycles. The number of nitrogens with one attached hydrogen (secondary N) is 1. The van der Waals surface area contributed by atoms with Gasteiger partial charge >= 0.3 is 12.1 Å². The molecule has 2 N–H and O–H groups in total. The van der Waals surface area contributed by atoms with Crippen molar-refractivity contribution >= 4 is 18.0 Å². The van der Waals surface area contributed by atoms with Gasteiger partial charge in [0.15, 0.2) is 0 Å². The van der Waals surface area contributed by atoms with Gasteiger partial charge in [0.1, 0.15) is 18.7 Å². The van der Waals surface area contributed by atoms with Crippen molar-refractivity contribution in [2.24, 2.45) is 0 Å². The summed E-state index contributed by atoms with van der Waals surface area (Å²) in [5, 5.41) is 11.8. The van der Waals surface area contributed by atoms with Crippen molar-refractivity contribution in [3.05, 3.63) is 35.9 Å². The summed E-state index contributed by atoms with van der Waals surface area (Å²) < 4.78 is 5.03. The van der Waals surface area contributed by atoms with Crippen LogP contribution in [0, 0.1) is 0 Å². The Labute approximate surface area is 140 Å². The van der Waals surface area contributed by atoms with Gasteiger partial charge < -0.3 is 20.1 Å². The zero-order valence-electron chi connectivity index (χ0n) is 13.7. The highest BCUT2D eigenvalue weighted by Crippen LogP contribution is 2.28. The van der Waals surface area contributed by atoms with E-state index in [9.17, 15) is 19.5 Å². The van der Waals surface area contributed by atoms with Crippen molar-refractivity contribution in [2.45, 2.75) is 38.3 Å². The number of nitrogens with zero attached hydrogens (tertiary/aromatic N) is 1. The SMILES string of the molecule is C[C@]1(C(=O)O)CCCCN1C(=O)CNC(=O)OCc1ccccc1. The molecular formula is C17H22N2O5. The van der Waals surface area contributed by atoms with E-state index in [4.69, 9.17) is 4.74 Å². The van der Waals surface area contributed by atoms with E-state index in [0.29, 0.717) is 13.0 Å². The van der Waals surface area contributed by atoms with Gasteiger partial charge in [0, 0.05) is 6.54 Å². The van der Waals surface area contributed by atoms with Crippen LogP contribution < -0.4 is 5.32 Å². The fourth-order valence-electron chi connectivity index (χ4n) is 2.76. The Morgan fingerprint density at radius 3 is 2.62 bits per heavy atom. The Kier molecular flexibility index (Phi) is 5.78. The van der Waals surface area contributed by atoms with Gasteiger partial charge in [-0.15, -0.1) is 0 Å². The molecule has 0 bridgehead atoms. The Hall–Kier alpha value is -2.57. The molecule has 0 saturated carbocycles. The van der Waals surface area contributed by atoms with Crippen LogP contribution in [-0.2, 0) is 20.9 Å². The Balaban J connectivity index is 1.83. The van der Waals surface area contributed by atoms with Crippen LogP contribution in [0.3, 0.4) is 0 Å². The second kappa shape index (κ2) is 7.81. The maximum Gasteiger partial charge on any atom is 0.407 e. The molecule has 2 amide bonds. The van der Waals surface area contributed by atoms with E-state index in [1.807, 2.05) is 30.3 Å². The standard InChI is InChI=1S/C17H22N2O5/c1-17(15(21)22)9-5-6-10-19(17)14(20)11-18-16(23)24-12-13-7-3-2-4-8-13/h2-4,7-8H,5-6,9-12H2,1H3,(H,18,23)(H,21,22)/t17-/m1/s1. The lowest BCUT2D eigenvalue weighted by atomic mass is 9.88. The minimum Gasteiger partial charge on any atom is -0.480 e. The number of carbonyl (C=O) groups excluding carboxylic acids is 2. The molecule has 0 radical (unpaired) electrons. The first-order chi connectivity index (χ1) is 11.4. The molecule has 7 heteroatoms. The van der Waals surface area contributed by atoms with Crippen molar-refractivity contribution in [2.75, 3.05) is 13.1 Å². The van der Waals surface area contributed by atoms with E-state index in [1.54, 1.807) is 6.92 Å². The van der Waals surface area contributed by atoms with Gasteiger partial charge in [0.2, 0.25) is 5.91 Å². The maximum atomic E-state index is 12.3. The Morgan fingerprint density at radius 2 is 1.96 bits per heavy atom. The van der Waals surface area contributed by atoms with E-state index in [1.165, 1.54) is 4.90 Å². The molecule has 1 aromatic carbocycles. The number of carbonyl (C=O) groups is 3. The maximum absolute atomic E-state index is 12.3. The third-order valence-corrected chi connectivity index (χ3v) is 4.25. The molecule has 130 valence electrons. The lowest BCUT2D eigenvalue weighted by Gasteiger charge is -2.41. The van der Waals surface area contributed by atoms with Gasteiger partial charge in [-0.25, -0.2) is 9.59 Å². The predicted octanol–water partition coefficient (Wildman–Crippen LogP) is 1.77. The molecule has 1 saturated heterocycles. The van der Waals surface area contributed by atoms with Gasteiger partial charge in [-0.2, -0.15) is 0 Å². The van der Waals surface area contributed by atoms with Gasteiger partial charge in [-0.3, -0.25) is 4.79 Å². The zero-order chi connectivity index (χ0) is 17.6. The molecule has 1 aromatic rings. The monoisotopic (exact) mass is 334 g/mol. The fraction of sp³-hybridized carbons (Fsp3) is 0.471. The van der Waals surface area contributed by atoms with Crippen LogP contribution in [0.4, 0.5) is 4.79 Å². The van der Waals surface area contributed by atoms with Crippen LogP contribution in [0.25, 0.3) is 0 Å². The third-order valence-electron chi connectivity index (χ3n) is 4.25. The lowest BCUT2D eigenvalue weighted by molar-refractivity contribution is -0.160. The minimum atomic E-state index is -1.22. The number of alkyl carbamates (subject to hydrolysis) is 1. The quantitative estimate of drug-likeness (QED) is 0.855. The third kappa shape index (κ3) is 4.24. The summed E-state index contributed by atoms with van der Waals surface area (Å²) in [5.74, 6) is -1.45.